The van der Waals surface area contributed by atoms with E-state index in [1.165, 1.54) is 34.6 Å². The maximum atomic E-state index is 13.1. The number of halogens is 1. The fourth-order valence-electron chi connectivity index (χ4n) is 2.90. The Morgan fingerprint density at radius 2 is 1.46 bits per heavy atom. The van der Waals surface area contributed by atoms with Crippen molar-refractivity contribution in [1.82, 2.24) is 4.68 Å². The molecule has 0 aliphatic heterocycles. The highest BCUT2D eigenvalue weighted by Gasteiger charge is 2.07. The Hall–Kier alpha value is -3.31. The van der Waals surface area contributed by atoms with Crippen LogP contribution in [0.2, 0.25) is 0 Å². The van der Waals surface area contributed by atoms with E-state index in [0.29, 0.717) is 0 Å². The largest absolute Gasteiger partial charge is 0.261 e. The first kappa shape index (κ1) is 18.1. The summed E-state index contributed by atoms with van der Waals surface area (Å²) < 4.78 is 14.9. The van der Waals surface area contributed by atoms with Gasteiger partial charge >= 0.3 is 0 Å². The van der Waals surface area contributed by atoms with Crippen molar-refractivity contribution in [1.29, 1.82) is 0 Å². The lowest BCUT2D eigenvalue weighted by molar-refractivity contribution is 0.628. The van der Waals surface area contributed by atoms with Crippen LogP contribution in [0.5, 0.6) is 0 Å². The van der Waals surface area contributed by atoms with E-state index in [-0.39, 0.29) is 5.82 Å². The summed E-state index contributed by atoms with van der Waals surface area (Å²) >= 11 is 1.53. The molecule has 1 aromatic heterocycles. The molecule has 3 aromatic carbocycles. The number of hydrogen-bond acceptors (Lipinski definition) is 3. The van der Waals surface area contributed by atoms with Crippen molar-refractivity contribution in [2.75, 3.05) is 7.05 Å². The minimum absolute atomic E-state index is 0.260. The Kier molecular flexibility index (Phi) is 5.26. The van der Waals surface area contributed by atoms with Gasteiger partial charge in [-0.1, -0.05) is 66.7 Å². The van der Waals surface area contributed by atoms with Gasteiger partial charge in [-0.05, 0) is 28.8 Å². The highest BCUT2D eigenvalue weighted by Crippen LogP contribution is 2.25. The maximum Gasteiger partial charge on any atom is 0.205 e. The van der Waals surface area contributed by atoms with E-state index >= 15 is 0 Å². The Balaban J connectivity index is 1.69. The van der Waals surface area contributed by atoms with Crippen LogP contribution in [0, 0.1) is 5.82 Å². The number of rotatable bonds is 4. The molecule has 1 heterocycles. The lowest BCUT2D eigenvalue weighted by Gasteiger charge is -2.06. The summed E-state index contributed by atoms with van der Waals surface area (Å²) in [6.07, 6.45) is 1.71. The van der Waals surface area contributed by atoms with Gasteiger partial charge < -0.3 is 0 Å². The first-order chi connectivity index (χ1) is 13.7. The molecule has 0 N–H and O–H groups in total. The molecule has 0 unspecified atom stereocenters. The van der Waals surface area contributed by atoms with Crippen molar-refractivity contribution in [2.45, 2.75) is 0 Å². The molecule has 0 fully saturated rings. The Morgan fingerprint density at radius 1 is 0.821 bits per heavy atom. The molecule has 0 spiro atoms. The smallest absolute Gasteiger partial charge is 0.205 e. The summed E-state index contributed by atoms with van der Waals surface area (Å²) in [5.41, 5.74) is 5.20. The summed E-state index contributed by atoms with van der Waals surface area (Å²) in [6.45, 7) is 0. The van der Waals surface area contributed by atoms with Crippen molar-refractivity contribution < 1.29 is 4.39 Å². The first-order valence-corrected chi connectivity index (χ1v) is 9.72. The summed E-state index contributed by atoms with van der Waals surface area (Å²) in [5, 5.41) is 6.62. The highest BCUT2D eigenvalue weighted by atomic mass is 32.1. The van der Waals surface area contributed by atoms with E-state index in [1.807, 2.05) is 28.3 Å². The predicted molar refractivity (Wildman–Crippen MR) is 114 cm³/mol. The third-order valence-electron chi connectivity index (χ3n) is 4.36. The number of thiazole rings is 1. The van der Waals surface area contributed by atoms with Gasteiger partial charge in [0.1, 0.15) is 5.82 Å². The van der Waals surface area contributed by atoms with Gasteiger partial charge in [0.25, 0.3) is 0 Å². The summed E-state index contributed by atoms with van der Waals surface area (Å²) in [6, 6.07) is 24.9. The maximum absolute atomic E-state index is 13.1. The average Bonchev–Trinajstić information content (AvgIpc) is 3.17. The zero-order valence-corrected chi connectivity index (χ0v) is 16.1. The number of benzene rings is 3. The van der Waals surface area contributed by atoms with Crippen LogP contribution in [0.4, 0.5) is 4.39 Å². The van der Waals surface area contributed by atoms with Gasteiger partial charge in [0.05, 0.1) is 11.9 Å². The first-order valence-electron chi connectivity index (χ1n) is 8.84. The minimum atomic E-state index is -0.260. The second-order valence-electron chi connectivity index (χ2n) is 6.18. The van der Waals surface area contributed by atoms with Gasteiger partial charge in [-0.15, -0.1) is 11.3 Å². The van der Waals surface area contributed by atoms with E-state index in [9.17, 15) is 4.39 Å². The van der Waals surface area contributed by atoms with Crippen LogP contribution in [0.3, 0.4) is 0 Å². The molecule has 0 saturated carbocycles. The highest BCUT2D eigenvalue weighted by molar-refractivity contribution is 7.07. The van der Waals surface area contributed by atoms with Crippen LogP contribution in [-0.4, -0.2) is 17.9 Å². The van der Waals surface area contributed by atoms with E-state index in [1.54, 1.807) is 25.4 Å². The molecule has 4 aromatic rings. The predicted octanol–water partition coefficient (Wildman–Crippen LogP) is 5.44. The standard InChI is InChI=1S/C23H18FN3S/c1-25-23-27(26-15-17-7-13-21(24)14-8-17)22(16-28-23)20-11-9-19(10-12-20)18-5-3-2-4-6-18/h2-16H,1H3. The third kappa shape index (κ3) is 3.85. The molecule has 28 heavy (non-hydrogen) atoms. The molecular weight excluding hydrogens is 369 g/mol. The van der Waals surface area contributed by atoms with Gasteiger partial charge in [0.15, 0.2) is 0 Å². The zero-order chi connectivity index (χ0) is 19.3. The van der Waals surface area contributed by atoms with Crippen LogP contribution >= 0.6 is 11.3 Å². The van der Waals surface area contributed by atoms with Gasteiger partial charge in [0.2, 0.25) is 4.80 Å². The van der Waals surface area contributed by atoms with Crippen molar-refractivity contribution in [3.05, 3.63) is 100 Å². The van der Waals surface area contributed by atoms with Crippen LogP contribution < -0.4 is 4.80 Å². The van der Waals surface area contributed by atoms with E-state index in [0.717, 1.165) is 21.6 Å². The molecule has 138 valence electrons. The Bertz CT molecular complexity index is 1160. The molecule has 0 amide bonds. The zero-order valence-electron chi connectivity index (χ0n) is 15.3. The lowest BCUT2D eigenvalue weighted by Crippen LogP contribution is -2.11. The second-order valence-corrected chi connectivity index (χ2v) is 7.01. The fourth-order valence-corrected chi connectivity index (χ4v) is 3.70. The van der Waals surface area contributed by atoms with E-state index in [2.05, 4.69) is 46.5 Å². The molecular formula is C23H18FN3S. The van der Waals surface area contributed by atoms with Crippen molar-refractivity contribution in [3.8, 4) is 22.4 Å². The topological polar surface area (TPSA) is 29.6 Å². The molecule has 5 heteroatoms. The van der Waals surface area contributed by atoms with Crippen LogP contribution in [0.25, 0.3) is 22.4 Å². The van der Waals surface area contributed by atoms with Crippen molar-refractivity contribution in [2.24, 2.45) is 10.1 Å². The van der Waals surface area contributed by atoms with Gasteiger partial charge in [-0.3, -0.25) is 4.99 Å². The van der Waals surface area contributed by atoms with Crippen LogP contribution in [0.1, 0.15) is 5.56 Å². The molecule has 3 nitrogen and oxygen atoms in total. The lowest BCUT2D eigenvalue weighted by atomic mass is 10.0. The number of nitrogens with zero attached hydrogens (tertiary/aromatic N) is 3. The van der Waals surface area contributed by atoms with Crippen LogP contribution in [-0.2, 0) is 0 Å². The van der Waals surface area contributed by atoms with Crippen LogP contribution in [0.15, 0.2) is 94.3 Å². The minimum Gasteiger partial charge on any atom is -0.261 e. The molecule has 0 aliphatic carbocycles. The second kappa shape index (κ2) is 8.15. The normalized spacial score (nSPS) is 12.0. The quantitative estimate of drug-likeness (QED) is 0.418. The molecule has 0 atom stereocenters. The summed E-state index contributed by atoms with van der Waals surface area (Å²) in [5.74, 6) is -0.260. The van der Waals surface area contributed by atoms with Gasteiger partial charge in [-0.25, -0.2) is 9.07 Å². The fraction of sp³-hybridized carbons (Fsp3) is 0.0435. The molecule has 0 radical (unpaired) electrons. The molecule has 0 aliphatic rings. The van der Waals surface area contributed by atoms with Gasteiger partial charge in [-0.2, -0.15) is 5.10 Å². The monoisotopic (exact) mass is 387 g/mol. The number of aromatic nitrogens is 1. The molecule has 0 bridgehead atoms. The van der Waals surface area contributed by atoms with E-state index < -0.39 is 0 Å². The molecule has 0 saturated heterocycles. The third-order valence-corrected chi connectivity index (χ3v) is 5.26. The Labute approximate surface area is 166 Å². The van der Waals surface area contributed by atoms with E-state index in [4.69, 9.17) is 0 Å². The SMILES string of the molecule is CN=c1scc(-c2ccc(-c3ccccc3)cc2)n1N=Cc1ccc(F)cc1. The van der Waals surface area contributed by atoms with Crippen molar-refractivity contribution in [3.63, 3.8) is 0 Å². The number of hydrogen-bond donors (Lipinski definition) is 0. The summed E-state index contributed by atoms with van der Waals surface area (Å²) in [7, 11) is 1.75. The van der Waals surface area contributed by atoms with Crippen molar-refractivity contribution >= 4 is 17.6 Å². The summed E-state index contributed by atoms with van der Waals surface area (Å²) in [4.78, 5) is 5.11. The van der Waals surface area contributed by atoms with Gasteiger partial charge in [0, 0.05) is 18.0 Å². The Morgan fingerprint density at radius 3 is 2.14 bits per heavy atom. The average molecular weight is 387 g/mol. The molecule has 4 rings (SSSR count).